The summed E-state index contributed by atoms with van der Waals surface area (Å²) in [5.41, 5.74) is 2.18. The molecule has 0 fully saturated rings. The molecule has 78 valence electrons. The van der Waals surface area contributed by atoms with E-state index in [9.17, 15) is 0 Å². The molecular formula is C12H13BrN2. The summed E-state index contributed by atoms with van der Waals surface area (Å²) in [5, 5.41) is 4.55. The van der Waals surface area contributed by atoms with E-state index in [0.29, 0.717) is 5.92 Å². The van der Waals surface area contributed by atoms with Crippen LogP contribution in [0, 0.1) is 0 Å². The fourth-order valence-electron chi connectivity index (χ4n) is 1.41. The van der Waals surface area contributed by atoms with E-state index in [2.05, 4.69) is 40.9 Å². The fourth-order valence-corrected chi connectivity index (χ4v) is 1.93. The van der Waals surface area contributed by atoms with Crippen molar-refractivity contribution >= 4 is 15.9 Å². The number of halogens is 1. The second kappa shape index (κ2) is 4.19. The number of para-hydroxylation sites is 1. The SMILES string of the molecule is CC(C)c1cc(Br)n(-c2ccccc2)n1. The average Bonchev–Trinajstić information content (AvgIpc) is 2.62. The molecule has 1 aromatic carbocycles. The molecule has 0 saturated carbocycles. The highest BCUT2D eigenvalue weighted by Crippen LogP contribution is 2.21. The molecule has 2 rings (SSSR count). The summed E-state index contributed by atoms with van der Waals surface area (Å²) < 4.78 is 2.91. The lowest BCUT2D eigenvalue weighted by atomic mass is 10.1. The molecule has 0 aliphatic carbocycles. The summed E-state index contributed by atoms with van der Waals surface area (Å²) >= 11 is 3.52. The van der Waals surface area contributed by atoms with Gasteiger partial charge in [-0.05, 0) is 40.0 Å². The molecule has 0 unspecified atom stereocenters. The Morgan fingerprint density at radius 1 is 1.20 bits per heavy atom. The van der Waals surface area contributed by atoms with Gasteiger partial charge < -0.3 is 0 Å². The van der Waals surface area contributed by atoms with Crippen molar-refractivity contribution in [1.29, 1.82) is 0 Å². The second-order valence-corrected chi connectivity index (χ2v) is 4.61. The van der Waals surface area contributed by atoms with Gasteiger partial charge in [-0.2, -0.15) is 5.10 Å². The van der Waals surface area contributed by atoms with E-state index in [1.807, 2.05) is 35.0 Å². The molecule has 0 spiro atoms. The van der Waals surface area contributed by atoms with Crippen LogP contribution in [0.1, 0.15) is 25.5 Å². The highest BCUT2D eigenvalue weighted by atomic mass is 79.9. The van der Waals surface area contributed by atoms with Crippen molar-refractivity contribution < 1.29 is 0 Å². The Balaban J connectivity index is 2.45. The first-order valence-corrected chi connectivity index (χ1v) is 5.78. The number of benzene rings is 1. The van der Waals surface area contributed by atoms with Gasteiger partial charge in [0.15, 0.2) is 0 Å². The maximum absolute atomic E-state index is 4.55. The average molecular weight is 265 g/mol. The Morgan fingerprint density at radius 2 is 1.87 bits per heavy atom. The Hall–Kier alpha value is -1.09. The maximum atomic E-state index is 4.55. The molecule has 0 amide bonds. The fraction of sp³-hybridized carbons (Fsp3) is 0.250. The molecule has 0 aliphatic heterocycles. The van der Waals surface area contributed by atoms with E-state index in [1.165, 1.54) is 0 Å². The standard InChI is InChI=1S/C12H13BrN2/c1-9(2)11-8-12(13)15(14-11)10-6-4-3-5-7-10/h3-9H,1-2H3. The summed E-state index contributed by atoms with van der Waals surface area (Å²) in [5.74, 6) is 0.450. The third kappa shape index (κ3) is 2.12. The summed E-state index contributed by atoms with van der Waals surface area (Å²) in [6.45, 7) is 4.29. The maximum Gasteiger partial charge on any atom is 0.110 e. The molecule has 1 aromatic heterocycles. The Morgan fingerprint density at radius 3 is 2.40 bits per heavy atom. The van der Waals surface area contributed by atoms with Crippen LogP contribution in [0.5, 0.6) is 0 Å². The van der Waals surface area contributed by atoms with E-state index >= 15 is 0 Å². The zero-order valence-corrected chi connectivity index (χ0v) is 10.4. The van der Waals surface area contributed by atoms with Crippen LogP contribution in [0.4, 0.5) is 0 Å². The quantitative estimate of drug-likeness (QED) is 0.808. The van der Waals surface area contributed by atoms with Crippen molar-refractivity contribution in [3.05, 3.63) is 46.7 Å². The van der Waals surface area contributed by atoms with Crippen LogP contribution in [0.2, 0.25) is 0 Å². The topological polar surface area (TPSA) is 17.8 Å². The highest BCUT2D eigenvalue weighted by molar-refractivity contribution is 9.10. The molecule has 2 aromatic rings. The third-order valence-electron chi connectivity index (χ3n) is 2.28. The molecule has 0 bridgehead atoms. The number of nitrogens with zero attached hydrogens (tertiary/aromatic N) is 2. The molecule has 0 N–H and O–H groups in total. The minimum absolute atomic E-state index is 0.450. The normalized spacial score (nSPS) is 10.9. The van der Waals surface area contributed by atoms with Gasteiger partial charge in [-0.25, -0.2) is 4.68 Å². The van der Waals surface area contributed by atoms with E-state index < -0.39 is 0 Å². The van der Waals surface area contributed by atoms with Gasteiger partial charge in [0.1, 0.15) is 4.60 Å². The number of hydrogen-bond donors (Lipinski definition) is 0. The minimum Gasteiger partial charge on any atom is -0.226 e. The van der Waals surface area contributed by atoms with E-state index in [4.69, 9.17) is 0 Å². The first-order chi connectivity index (χ1) is 7.18. The van der Waals surface area contributed by atoms with Crippen molar-refractivity contribution in [3.63, 3.8) is 0 Å². The van der Waals surface area contributed by atoms with Crippen molar-refractivity contribution in [2.75, 3.05) is 0 Å². The molecule has 0 saturated heterocycles. The van der Waals surface area contributed by atoms with Crippen LogP contribution < -0.4 is 0 Å². The van der Waals surface area contributed by atoms with Gasteiger partial charge in [-0.15, -0.1) is 0 Å². The molecule has 0 atom stereocenters. The Kier molecular flexibility index (Phi) is 2.91. The van der Waals surface area contributed by atoms with Gasteiger partial charge in [0, 0.05) is 0 Å². The molecule has 2 nitrogen and oxygen atoms in total. The summed E-state index contributed by atoms with van der Waals surface area (Å²) in [4.78, 5) is 0. The molecule has 15 heavy (non-hydrogen) atoms. The van der Waals surface area contributed by atoms with Crippen molar-refractivity contribution in [2.45, 2.75) is 19.8 Å². The molecule has 0 aliphatic rings. The number of hydrogen-bond acceptors (Lipinski definition) is 1. The molecule has 1 heterocycles. The molecule has 0 radical (unpaired) electrons. The zero-order chi connectivity index (χ0) is 10.8. The summed E-state index contributed by atoms with van der Waals surface area (Å²) in [6, 6.07) is 12.2. The van der Waals surface area contributed by atoms with Crippen molar-refractivity contribution in [3.8, 4) is 5.69 Å². The number of rotatable bonds is 2. The van der Waals surface area contributed by atoms with Crippen molar-refractivity contribution in [1.82, 2.24) is 9.78 Å². The highest BCUT2D eigenvalue weighted by Gasteiger charge is 2.09. The lowest BCUT2D eigenvalue weighted by molar-refractivity contribution is 0.763. The third-order valence-corrected chi connectivity index (χ3v) is 2.84. The zero-order valence-electron chi connectivity index (χ0n) is 8.81. The largest absolute Gasteiger partial charge is 0.226 e. The lowest BCUT2D eigenvalue weighted by Gasteiger charge is -2.02. The first-order valence-electron chi connectivity index (χ1n) is 4.99. The van der Waals surface area contributed by atoms with E-state index in [-0.39, 0.29) is 0 Å². The minimum atomic E-state index is 0.450. The van der Waals surface area contributed by atoms with E-state index in [0.717, 1.165) is 16.0 Å². The summed E-state index contributed by atoms with van der Waals surface area (Å²) in [6.07, 6.45) is 0. The van der Waals surface area contributed by atoms with Crippen LogP contribution in [-0.4, -0.2) is 9.78 Å². The van der Waals surface area contributed by atoms with Gasteiger partial charge >= 0.3 is 0 Å². The van der Waals surface area contributed by atoms with Crippen molar-refractivity contribution in [2.24, 2.45) is 0 Å². The molecule has 3 heteroatoms. The molecular weight excluding hydrogens is 252 g/mol. The van der Waals surface area contributed by atoms with Gasteiger partial charge in [0.05, 0.1) is 11.4 Å². The van der Waals surface area contributed by atoms with Gasteiger partial charge in [-0.1, -0.05) is 32.0 Å². The predicted molar refractivity (Wildman–Crippen MR) is 65.4 cm³/mol. The van der Waals surface area contributed by atoms with Crippen LogP contribution >= 0.6 is 15.9 Å². The predicted octanol–water partition coefficient (Wildman–Crippen LogP) is 3.76. The monoisotopic (exact) mass is 264 g/mol. The Labute approximate surface area is 98.1 Å². The smallest absolute Gasteiger partial charge is 0.110 e. The van der Waals surface area contributed by atoms with Crippen LogP contribution in [0.3, 0.4) is 0 Å². The number of aromatic nitrogens is 2. The first kappa shape index (κ1) is 10.4. The van der Waals surface area contributed by atoms with Gasteiger partial charge in [0.25, 0.3) is 0 Å². The Bertz CT molecular complexity index is 446. The van der Waals surface area contributed by atoms with Crippen LogP contribution in [0.25, 0.3) is 5.69 Å². The van der Waals surface area contributed by atoms with Gasteiger partial charge in [0.2, 0.25) is 0 Å². The van der Waals surface area contributed by atoms with E-state index in [1.54, 1.807) is 0 Å². The van der Waals surface area contributed by atoms with Gasteiger partial charge in [-0.3, -0.25) is 0 Å². The lowest BCUT2D eigenvalue weighted by Crippen LogP contribution is -1.97. The second-order valence-electron chi connectivity index (χ2n) is 3.79. The van der Waals surface area contributed by atoms with Crippen LogP contribution in [0.15, 0.2) is 41.0 Å². The summed E-state index contributed by atoms with van der Waals surface area (Å²) in [7, 11) is 0. The van der Waals surface area contributed by atoms with Crippen LogP contribution in [-0.2, 0) is 0 Å².